The molecule has 194 valence electrons. The topological polar surface area (TPSA) is 136 Å². The van der Waals surface area contributed by atoms with Crippen molar-refractivity contribution in [2.24, 2.45) is 0 Å². The van der Waals surface area contributed by atoms with E-state index in [4.69, 9.17) is 26.0 Å². The number of carbonyl (C=O) groups is 4. The summed E-state index contributed by atoms with van der Waals surface area (Å²) in [4.78, 5) is 49.7. The fourth-order valence-corrected chi connectivity index (χ4v) is 5.07. The number of aryl methyl sites for hydroxylation is 1. The van der Waals surface area contributed by atoms with E-state index in [9.17, 15) is 19.2 Å². The molecule has 1 heterocycles. The van der Waals surface area contributed by atoms with Crippen LogP contribution >= 0.6 is 11.6 Å². The standard InChI is InChI=1S/C27H27ClN2O7/c1-14-23(29-27(35)36-15(2)18-5-3-4-6-21(18)28)26(37-30-14)20-12-11-19(24(33)25(20)34)17-9-7-16(8-10-17)13-22(31)32/h3-7,15,20H,8-13H2,1-2H3,(H,29,35)(H,31,32)/b19-17-. The van der Waals surface area contributed by atoms with E-state index in [-0.39, 0.29) is 17.9 Å². The second kappa shape index (κ2) is 11.1. The number of Topliss-reactive ketones (excluding diaryl/α,β-unsaturated/α-hetero) is 2. The molecule has 1 fully saturated rings. The highest BCUT2D eigenvalue weighted by Gasteiger charge is 2.39. The Hall–Kier alpha value is -3.72. The van der Waals surface area contributed by atoms with E-state index >= 15 is 0 Å². The summed E-state index contributed by atoms with van der Waals surface area (Å²) in [7, 11) is 0. The van der Waals surface area contributed by atoms with Gasteiger partial charge in [-0.15, -0.1) is 0 Å². The minimum atomic E-state index is -0.886. The number of amides is 1. The van der Waals surface area contributed by atoms with Crippen LogP contribution in [0.4, 0.5) is 10.5 Å². The summed E-state index contributed by atoms with van der Waals surface area (Å²) < 4.78 is 10.9. The molecule has 1 amide bonds. The van der Waals surface area contributed by atoms with Crippen molar-refractivity contribution in [3.8, 4) is 0 Å². The number of nitrogens with one attached hydrogen (secondary N) is 1. The van der Waals surface area contributed by atoms with Crippen LogP contribution in [0, 0.1) is 6.92 Å². The fraction of sp³-hybridized carbons (Fsp3) is 0.370. The molecule has 1 saturated carbocycles. The molecule has 4 rings (SSSR count). The fourth-order valence-electron chi connectivity index (χ4n) is 4.78. The lowest BCUT2D eigenvalue weighted by Crippen LogP contribution is -2.30. The van der Waals surface area contributed by atoms with Crippen molar-refractivity contribution < 1.29 is 33.5 Å². The van der Waals surface area contributed by atoms with Crippen molar-refractivity contribution in [2.45, 2.75) is 64.4 Å². The largest absolute Gasteiger partial charge is 0.481 e. The molecular weight excluding hydrogens is 500 g/mol. The second-order valence-corrected chi connectivity index (χ2v) is 9.61. The average Bonchev–Trinajstić information content (AvgIpc) is 3.20. The Labute approximate surface area is 218 Å². The summed E-state index contributed by atoms with van der Waals surface area (Å²) in [6.45, 7) is 3.30. The highest BCUT2D eigenvalue weighted by atomic mass is 35.5. The molecule has 37 heavy (non-hydrogen) atoms. The van der Waals surface area contributed by atoms with Gasteiger partial charge >= 0.3 is 12.1 Å². The lowest BCUT2D eigenvalue weighted by Gasteiger charge is -2.24. The third-order valence-electron chi connectivity index (χ3n) is 6.75. The predicted octanol–water partition coefficient (Wildman–Crippen LogP) is 5.84. The molecule has 9 nitrogen and oxygen atoms in total. The molecule has 2 aliphatic carbocycles. The van der Waals surface area contributed by atoms with Gasteiger partial charge in [-0.1, -0.05) is 52.2 Å². The number of ether oxygens (including phenoxy) is 1. The second-order valence-electron chi connectivity index (χ2n) is 9.21. The molecule has 0 saturated heterocycles. The highest BCUT2D eigenvalue weighted by Crippen LogP contribution is 2.39. The molecule has 2 N–H and O–H groups in total. The Morgan fingerprint density at radius 2 is 2.00 bits per heavy atom. The molecule has 0 radical (unpaired) electrons. The maximum Gasteiger partial charge on any atom is 0.412 e. The zero-order chi connectivity index (χ0) is 26.7. The number of carboxylic acids is 1. The van der Waals surface area contributed by atoms with E-state index in [1.165, 1.54) is 0 Å². The molecule has 2 atom stereocenters. The Kier molecular flexibility index (Phi) is 7.92. The first kappa shape index (κ1) is 26.3. The minimum absolute atomic E-state index is 0.0161. The van der Waals surface area contributed by atoms with Crippen molar-refractivity contribution in [1.82, 2.24) is 5.16 Å². The Balaban J connectivity index is 1.46. The number of hydrogen-bond acceptors (Lipinski definition) is 7. The highest BCUT2D eigenvalue weighted by molar-refractivity contribution is 6.46. The number of aliphatic carboxylic acids is 1. The number of carboxylic acid groups (broad SMARTS) is 1. The van der Waals surface area contributed by atoms with Crippen LogP contribution in [0.3, 0.4) is 0 Å². The number of ketones is 2. The summed E-state index contributed by atoms with van der Waals surface area (Å²) in [5.74, 6) is -2.84. The van der Waals surface area contributed by atoms with Crippen molar-refractivity contribution in [3.05, 3.63) is 69.1 Å². The first-order valence-corrected chi connectivity index (χ1v) is 12.4. The normalized spacial score (nSPS) is 20.8. The van der Waals surface area contributed by atoms with E-state index in [1.54, 1.807) is 38.1 Å². The number of anilines is 1. The van der Waals surface area contributed by atoms with E-state index < -0.39 is 35.7 Å². The molecule has 0 bridgehead atoms. The van der Waals surface area contributed by atoms with Gasteiger partial charge in [0.25, 0.3) is 0 Å². The van der Waals surface area contributed by atoms with Gasteiger partial charge in [-0.3, -0.25) is 19.7 Å². The van der Waals surface area contributed by atoms with Crippen LogP contribution in [-0.2, 0) is 19.1 Å². The average molecular weight is 527 g/mol. The SMILES string of the molecule is Cc1noc(C2CC/C(=C3\CC=C(CC(=O)O)CC3)C(=O)C2=O)c1NC(=O)OC(C)c1ccccc1Cl. The number of carbonyl (C=O) groups excluding carboxylic acids is 3. The van der Waals surface area contributed by atoms with Gasteiger partial charge in [0.2, 0.25) is 11.6 Å². The van der Waals surface area contributed by atoms with Crippen molar-refractivity contribution in [3.63, 3.8) is 0 Å². The molecule has 1 aromatic heterocycles. The zero-order valence-corrected chi connectivity index (χ0v) is 21.3. The number of hydrogen-bond donors (Lipinski definition) is 2. The number of aromatic nitrogens is 1. The van der Waals surface area contributed by atoms with Gasteiger partial charge in [-0.2, -0.15) is 0 Å². The molecular formula is C27H27ClN2O7. The van der Waals surface area contributed by atoms with Crippen molar-refractivity contribution in [1.29, 1.82) is 0 Å². The van der Waals surface area contributed by atoms with Crippen LogP contribution < -0.4 is 5.32 Å². The molecule has 1 aromatic carbocycles. The van der Waals surface area contributed by atoms with E-state index in [0.717, 1.165) is 11.1 Å². The molecule has 2 aliphatic rings. The van der Waals surface area contributed by atoms with Crippen LogP contribution in [0.25, 0.3) is 0 Å². The third kappa shape index (κ3) is 5.83. The summed E-state index contributed by atoms with van der Waals surface area (Å²) in [6, 6.07) is 7.01. The first-order valence-electron chi connectivity index (χ1n) is 12.0. The molecule has 0 aliphatic heterocycles. The summed E-state index contributed by atoms with van der Waals surface area (Å²) in [5.41, 5.74) is 3.39. The van der Waals surface area contributed by atoms with E-state index in [1.807, 2.05) is 6.08 Å². The lowest BCUT2D eigenvalue weighted by molar-refractivity contribution is -0.136. The van der Waals surface area contributed by atoms with Gasteiger partial charge in [0, 0.05) is 16.2 Å². The molecule has 2 aromatic rings. The quantitative estimate of drug-likeness (QED) is 0.272. The van der Waals surface area contributed by atoms with Crippen LogP contribution in [0.2, 0.25) is 5.02 Å². The maximum atomic E-state index is 13.1. The van der Waals surface area contributed by atoms with Crippen LogP contribution in [-0.4, -0.2) is 33.9 Å². The first-order chi connectivity index (χ1) is 17.7. The zero-order valence-electron chi connectivity index (χ0n) is 20.5. The van der Waals surface area contributed by atoms with Crippen molar-refractivity contribution >= 4 is 40.9 Å². The Morgan fingerprint density at radius 3 is 2.68 bits per heavy atom. The number of rotatable bonds is 6. The Morgan fingerprint density at radius 1 is 1.24 bits per heavy atom. The summed E-state index contributed by atoms with van der Waals surface area (Å²) in [6.07, 6.45) is 2.68. The number of nitrogens with zero attached hydrogens (tertiary/aromatic N) is 1. The lowest BCUT2D eigenvalue weighted by atomic mass is 9.77. The van der Waals surface area contributed by atoms with Gasteiger partial charge in [-0.25, -0.2) is 4.79 Å². The maximum absolute atomic E-state index is 13.1. The van der Waals surface area contributed by atoms with Gasteiger partial charge in [0.1, 0.15) is 17.5 Å². The predicted molar refractivity (Wildman–Crippen MR) is 134 cm³/mol. The van der Waals surface area contributed by atoms with Crippen LogP contribution in [0.15, 0.2) is 51.6 Å². The van der Waals surface area contributed by atoms with Gasteiger partial charge < -0.3 is 14.4 Å². The van der Waals surface area contributed by atoms with Gasteiger partial charge in [0.05, 0.1) is 12.3 Å². The van der Waals surface area contributed by atoms with Gasteiger partial charge in [-0.05, 0) is 52.0 Å². The van der Waals surface area contributed by atoms with E-state index in [0.29, 0.717) is 54.0 Å². The number of benzene rings is 1. The molecule has 0 spiro atoms. The summed E-state index contributed by atoms with van der Waals surface area (Å²) in [5, 5.41) is 16.0. The smallest absolute Gasteiger partial charge is 0.412 e. The van der Waals surface area contributed by atoms with Crippen LogP contribution in [0.5, 0.6) is 0 Å². The third-order valence-corrected chi connectivity index (χ3v) is 7.09. The molecule has 10 heteroatoms. The Bertz CT molecular complexity index is 1320. The van der Waals surface area contributed by atoms with Gasteiger partial charge in [0.15, 0.2) is 5.76 Å². The summed E-state index contributed by atoms with van der Waals surface area (Å²) >= 11 is 6.19. The van der Waals surface area contributed by atoms with Crippen molar-refractivity contribution in [2.75, 3.05) is 5.32 Å². The van der Waals surface area contributed by atoms with Crippen LogP contribution in [0.1, 0.15) is 74.5 Å². The van der Waals surface area contributed by atoms with E-state index in [2.05, 4.69) is 10.5 Å². The minimum Gasteiger partial charge on any atom is -0.481 e. The molecule has 2 unspecified atom stereocenters. The number of halogens is 1. The monoisotopic (exact) mass is 526 g/mol. The number of allylic oxidation sites excluding steroid dienone is 3.